The highest BCUT2D eigenvalue weighted by Crippen LogP contribution is 2.23. The van der Waals surface area contributed by atoms with Crippen LogP contribution in [-0.2, 0) is 6.61 Å². The van der Waals surface area contributed by atoms with Crippen LogP contribution < -0.4 is 15.8 Å². The Hall–Kier alpha value is -2.20. The SMILES string of the molecule is CNC(=O)c1ccc(N)cc1OCc1ccc(Cl)cc1. The molecule has 2 rings (SSSR count). The van der Waals surface area contributed by atoms with Gasteiger partial charge < -0.3 is 15.8 Å². The molecule has 0 saturated carbocycles. The van der Waals surface area contributed by atoms with Gasteiger partial charge in [-0.05, 0) is 29.8 Å². The van der Waals surface area contributed by atoms with E-state index in [2.05, 4.69) is 5.32 Å². The van der Waals surface area contributed by atoms with Crippen LogP contribution in [0.1, 0.15) is 15.9 Å². The number of anilines is 1. The van der Waals surface area contributed by atoms with E-state index in [0.29, 0.717) is 28.6 Å². The van der Waals surface area contributed by atoms with Gasteiger partial charge in [0.25, 0.3) is 5.91 Å². The number of rotatable bonds is 4. The third-order valence-electron chi connectivity index (χ3n) is 2.78. The van der Waals surface area contributed by atoms with Crippen molar-refractivity contribution in [3.63, 3.8) is 0 Å². The maximum absolute atomic E-state index is 11.8. The van der Waals surface area contributed by atoms with Crippen molar-refractivity contribution in [3.8, 4) is 5.75 Å². The summed E-state index contributed by atoms with van der Waals surface area (Å²) in [5.74, 6) is 0.246. The van der Waals surface area contributed by atoms with Gasteiger partial charge in [0.15, 0.2) is 0 Å². The second kappa shape index (κ2) is 6.30. The highest BCUT2D eigenvalue weighted by atomic mass is 35.5. The van der Waals surface area contributed by atoms with Crippen LogP contribution in [0.15, 0.2) is 42.5 Å². The van der Waals surface area contributed by atoms with E-state index in [0.717, 1.165) is 5.56 Å². The second-order valence-electron chi connectivity index (χ2n) is 4.25. The maximum atomic E-state index is 11.8. The van der Waals surface area contributed by atoms with Gasteiger partial charge in [0.1, 0.15) is 12.4 Å². The van der Waals surface area contributed by atoms with Crippen molar-refractivity contribution in [1.82, 2.24) is 5.32 Å². The molecule has 5 heteroatoms. The second-order valence-corrected chi connectivity index (χ2v) is 4.69. The first-order chi connectivity index (χ1) is 9.60. The van der Waals surface area contributed by atoms with Crippen LogP contribution in [0.5, 0.6) is 5.75 Å². The molecule has 0 fully saturated rings. The van der Waals surface area contributed by atoms with E-state index < -0.39 is 0 Å². The first-order valence-corrected chi connectivity index (χ1v) is 6.47. The molecule has 0 aliphatic carbocycles. The molecule has 0 atom stereocenters. The number of nitrogens with two attached hydrogens (primary N) is 1. The Morgan fingerprint density at radius 2 is 1.95 bits per heavy atom. The Balaban J connectivity index is 2.17. The van der Waals surface area contributed by atoms with Crippen molar-refractivity contribution in [3.05, 3.63) is 58.6 Å². The highest BCUT2D eigenvalue weighted by molar-refractivity contribution is 6.30. The van der Waals surface area contributed by atoms with Crippen molar-refractivity contribution in [2.75, 3.05) is 12.8 Å². The van der Waals surface area contributed by atoms with E-state index in [1.807, 2.05) is 12.1 Å². The van der Waals surface area contributed by atoms with Crippen molar-refractivity contribution in [2.24, 2.45) is 0 Å². The van der Waals surface area contributed by atoms with Crippen LogP contribution in [0.3, 0.4) is 0 Å². The molecule has 2 aromatic carbocycles. The molecule has 0 spiro atoms. The lowest BCUT2D eigenvalue weighted by atomic mass is 10.1. The van der Waals surface area contributed by atoms with Gasteiger partial charge in [-0.15, -0.1) is 0 Å². The molecule has 0 saturated heterocycles. The van der Waals surface area contributed by atoms with E-state index in [4.69, 9.17) is 22.1 Å². The normalized spacial score (nSPS) is 10.1. The largest absolute Gasteiger partial charge is 0.488 e. The number of nitrogens with one attached hydrogen (secondary N) is 1. The Kier molecular flexibility index (Phi) is 4.48. The number of ether oxygens (including phenoxy) is 1. The summed E-state index contributed by atoms with van der Waals surface area (Å²) in [4.78, 5) is 11.8. The fourth-order valence-corrected chi connectivity index (χ4v) is 1.85. The molecule has 2 aromatic rings. The third kappa shape index (κ3) is 3.42. The summed E-state index contributed by atoms with van der Waals surface area (Å²) in [6.45, 7) is 0.338. The van der Waals surface area contributed by atoms with Gasteiger partial charge >= 0.3 is 0 Å². The van der Waals surface area contributed by atoms with Crippen LogP contribution in [0.25, 0.3) is 0 Å². The summed E-state index contributed by atoms with van der Waals surface area (Å²) >= 11 is 5.82. The molecule has 4 nitrogen and oxygen atoms in total. The van der Waals surface area contributed by atoms with Gasteiger partial charge in [0.2, 0.25) is 0 Å². The summed E-state index contributed by atoms with van der Waals surface area (Å²) in [7, 11) is 1.57. The van der Waals surface area contributed by atoms with E-state index >= 15 is 0 Å². The van der Waals surface area contributed by atoms with E-state index in [9.17, 15) is 4.79 Å². The van der Waals surface area contributed by atoms with Crippen LogP contribution >= 0.6 is 11.6 Å². The van der Waals surface area contributed by atoms with Crippen molar-refractivity contribution in [1.29, 1.82) is 0 Å². The van der Waals surface area contributed by atoms with Crippen LogP contribution in [0.2, 0.25) is 5.02 Å². The Bertz CT molecular complexity index is 612. The number of nitrogen functional groups attached to an aromatic ring is 1. The average molecular weight is 291 g/mol. The lowest BCUT2D eigenvalue weighted by molar-refractivity contribution is 0.0958. The average Bonchev–Trinajstić information content (AvgIpc) is 2.46. The lowest BCUT2D eigenvalue weighted by Gasteiger charge is -2.11. The Labute approximate surface area is 122 Å². The number of carbonyl (C=O) groups excluding carboxylic acids is 1. The number of hydrogen-bond donors (Lipinski definition) is 2. The molecule has 0 bridgehead atoms. The molecular formula is C15H15ClN2O2. The van der Waals surface area contributed by atoms with Crippen molar-refractivity contribution >= 4 is 23.2 Å². The number of halogens is 1. The number of amides is 1. The quantitative estimate of drug-likeness (QED) is 0.851. The molecule has 3 N–H and O–H groups in total. The molecule has 0 aliphatic rings. The van der Waals surface area contributed by atoms with E-state index in [-0.39, 0.29) is 5.91 Å². The molecular weight excluding hydrogens is 276 g/mol. The molecule has 0 radical (unpaired) electrons. The minimum Gasteiger partial charge on any atom is -0.488 e. The fraction of sp³-hybridized carbons (Fsp3) is 0.133. The summed E-state index contributed by atoms with van der Waals surface area (Å²) in [6, 6.07) is 12.3. The van der Waals surface area contributed by atoms with Crippen LogP contribution in [0.4, 0.5) is 5.69 Å². The first kappa shape index (κ1) is 14.2. The molecule has 1 amide bonds. The topological polar surface area (TPSA) is 64.4 Å². The fourth-order valence-electron chi connectivity index (χ4n) is 1.72. The van der Waals surface area contributed by atoms with Crippen molar-refractivity contribution in [2.45, 2.75) is 6.61 Å². The summed E-state index contributed by atoms with van der Waals surface area (Å²) in [6.07, 6.45) is 0. The van der Waals surface area contributed by atoms with Gasteiger partial charge in [-0.1, -0.05) is 23.7 Å². The number of benzene rings is 2. The van der Waals surface area contributed by atoms with Gasteiger partial charge in [0, 0.05) is 23.8 Å². The molecule has 0 aromatic heterocycles. The van der Waals surface area contributed by atoms with E-state index in [1.165, 1.54) is 0 Å². The number of carbonyl (C=O) groups is 1. The molecule has 0 unspecified atom stereocenters. The zero-order valence-electron chi connectivity index (χ0n) is 11.0. The molecule has 0 heterocycles. The lowest BCUT2D eigenvalue weighted by Crippen LogP contribution is -2.19. The van der Waals surface area contributed by atoms with Gasteiger partial charge in [-0.3, -0.25) is 4.79 Å². The minimum atomic E-state index is -0.212. The van der Waals surface area contributed by atoms with Crippen molar-refractivity contribution < 1.29 is 9.53 Å². The molecule has 20 heavy (non-hydrogen) atoms. The summed E-state index contributed by atoms with van der Waals surface area (Å²) < 4.78 is 5.68. The Morgan fingerprint density at radius 3 is 2.60 bits per heavy atom. The number of hydrogen-bond acceptors (Lipinski definition) is 3. The zero-order valence-corrected chi connectivity index (χ0v) is 11.8. The van der Waals surface area contributed by atoms with Gasteiger partial charge in [0.05, 0.1) is 5.56 Å². The monoisotopic (exact) mass is 290 g/mol. The van der Waals surface area contributed by atoms with Crippen LogP contribution in [-0.4, -0.2) is 13.0 Å². The maximum Gasteiger partial charge on any atom is 0.254 e. The first-order valence-electron chi connectivity index (χ1n) is 6.09. The predicted molar refractivity (Wildman–Crippen MR) is 80.0 cm³/mol. The molecule has 104 valence electrons. The summed E-state index contributed by atoms with van der Waals surface area (Å²) in [5, 5.41) is 3.24. The third-order valence-corrected chi connectivity index (χ3v) is 3.04. The Morgan fingerprint density at radius 1 is 1.25 bits per heavy atom. The van der Waals surface area contributed by atoms with Crippen LogP contribution in [0, 0.1) is 0 Å². The minimum absolute atomic E-state index is 0.212. The predicted octanol–water partition coefficient (Wildman–Crippen LogP) is 2.86. The molecule has 0 aliphatic heterocycles. The van der Waals surface area contributed by atoms with Gasteiger partial charge in [-0.2, -0.15) is 0 Å². The highest BCUT2D eigenvalue weighted by Gasteiger charge is 2.11. The summed E-state index contributed by atoms with van der Waals surface area (Å²) in [5.41, 5.74) is 7.69. The zero-order chi connectivity index (χ0) is 14.5. The smallest absolute Gasteiger partial charge is 0.254 e. The standard InChI is InChI=1S/C15H15ClN2O2/c1-18-15(19)13-7-6-12(17)8-14(13)20-9-10-2-4-11(16)5-3-10/h2-8H,9,17H2,1H3,(H,18,19). The van der Waals surface area contributed by atoms with E-state index in [1.54, 1.807) is 37.4 Å². The van der Waals surface area contributed by atoms with Gasteiger partial charge in [-0.25, -0.2) is 0 Å².